The maximum absolute atomic E-state index is 11.2. The van der Waals surface area contributed by atoms with E-state index in [4.69, 9.17) is 42.3 Å². The Morgan fingerprint density at radius 2 is 1.52 bits per heavy atom. The first kappa shape index (κ1) is 37.4. The summed E-state index contributed by atoms with van der Waals surface area (Å²) in [4.78, 5) is -0.150. The normalized spacial score (nSPS) is 30.7. The first-order valence-corrected chi connectivity index (χ1v) is 20.5. The summed E-state index contributed by atoms with van der Waals surface area (Å²) in [5.74, 6) is 0.799. The molecule has 9 atom stereocenters. The van der Waals surface area contributed by atoms with E-state index in [1.165, 1.54) is 25.8 Å². The van der Waals surface area contributed by atoms with Crippen LogP contribution in [-0.2, 0) is 44.2 Å². The molecule has 2 saturated heterocycles. The molecule has 0 radical (unpaired) electrons. The summed E-state index contributed by atoms with van der Waals surface area (Å²) in [5.41, 5.74) is 1.04. The van der Waals surface area contributed by atoms with Gasteiger partial charge in [-0.2, -0.15) is 0 Å². The van der Waals surface area contributed by atoms with Crippen LogP contribution in [0.3, 0.4) is 0 Å². The topological polar surface area (TPSA) is 103 Å². The molecule has 0 spiro atoms. The zero-order valence-corrected chi connectivity index (χ0v) is 31.3. The predicted octanol–water partition coefficient (Wildman–Crippen LogP) is 3.92. The molecule has 0 saturated carbocycles. The third-order valence-electron chi connectivity index (χ3n) is 9.08. The summed E-state index contributed by atoms with van der Waals surface area (Å²) >= 11 is -0.0988. The number of aliphatic hydroxyl groups excluding tert-OH is 1. The number of hydrogen-bond donors (Lipinski definition) is 1. The Hall–Kier alpha value is -1.38. The van der Waals surface area contributed by atoms with Gasteiger partial charge in [0.15, 0.2) is 0 Å². The van der Waals surface area contributed by atoms with E-state index in [0.29, 0.717) is 13.2 Å². The van der Waals surface area contributed by atoms with Crippen LogP contribution in [0.1, 0.15) is 26.3 Å². The second-order valence-electron chi connectivity index (χ2n) is 13.1. The van der Waals surface area contributed by atoms with E-state index in [-0.39, 0.29) is 43.6 Å². The standard InChI is InChI=1S/C34H52O10SeSi/c1-34(2,3)46(8,9)44-28-26(40-19-22-15-17-23(36-4)18-16-22)21-42-33(31(28)45-24-13-11-10-12-14-24)41-20-25-27(35)29(37-5)30(38-6)32(39-7)43-25/h10-18,25-33,35H,19-21H2,1-9H3/t25-,26-,27-,28+,29+,30-,31+,32+,33+/m1/s1. The van der Waals surface area contributed by atoms with Gasteiger partial charge in [-0.25, -0.2) is 0 Å². The SMILES string of the molecule is COc1ccc(CO[C@@H]2CO[C@H](OC[C@H]3O[C@H](OC)[C@H](OC)[C@@H](OC)[C@@H]3O)[C@@H]([Se]c3ccccc3)[C@H]2O[Si](C)(C)C(C)(C)C)cc1. The second kappa shape index (κ2) is 16.8. The molecule has 12 heteroatoms. The van der Waals surface area contributed by atoms with Crippen LogP contribution in [0.5, 0.6) is 5.75 Å². The van der Waals surface area contributed by atoms with Crippen molar-refractivity contribution < 1.29 is 47.4 Å². The second-order valence-corrected chi connectivity index (χ2v) is 20.5. The van der Waals surface area contributed by atoms with Crippen molar-refractivity contribution in [1.82, 2.24) is 0 Å². The fourth-order valence-corrected chi connectivity index (χ4v) is 9.52. The first-order chi connectivity index (χ1) is 21.9. The van der Waals surface area contributed by atoms with Crippen molar-refractivity contribution in [2.45, 2.75) is 99.5 Å². The molecule has 0 aliphatic carbocycles. The van der Waals surface area contributed by atoms with E-state index in [9.17, 15) is 5.11 Å². The quantitative estimate of drug-likeness (QED) is 0.288. The summed E-state index contributed by atoms with van der Waals surface area (Å²) in [7, 11) is 4.01. The fraction of sp³-hybridized carbons (Fsp3) is 0.647. The van der Waals surface area contributed by atoms with Crippen molar-refractivity contribution in [1.29, 1.82) is 0 Å². The number of ether oxygens (including phenoxy) is 8. The summed E-state index contributed by atoms with van der Waals surface area (Å²) < 4.78 is 56.1. The molecule has 0 aromatic heterocycles. The van der Waals surface area contributed by atoms with E-state index in [1.807, 2.05) is 42.5 Å². The molecule has 2 heterocycles. The average molecular weight is 728 g/mol. The number of methoxy groups -OCH3 is 4. The summed E-state index contributed by atoms with van der Waals surface area (Å²) in [5, 5.41) is 11.2. The van der Waals surface area contributed by atoms with Crippen molar-refractivity contribution in [2.75, 3.05) is 41.7 Å². The number of hydrogen-bond acceptors (Lipinski definition) is 10. The molecule has 2 aliphatic heterocycles. The van der Waals surface area contributed by atoms with Crippen molar-refractivity contribution in [3.63, 3.8) is 0 Å². The van der Waals surface area contributed by atoms with Gasteiger partial charge in [0.05, 0.1) is 0 Å². The van der Waals surface area contributed by atoms with E-state index >= 15 is 0 Å². The third kappa shape index (κ3) is 9.19. The van der Waals surface area contributed by atoms with Crippen LogP contribution in [0.25, 0.3) is 0 Å². The Balaban J connectivity index is 1.60. The Morgan fingerprint density at radius 1 is 0.848 bits per heavy atom. The predicted molar refractivity (Wildman–Crippen MR) is 178 cm³/mol. The first-order valence-electron chi connectivity index (χ1n) is 15.7. The molecular weight excluding hydrogens is 675 g/mol. The Morgan fingerprint density at radius 3 is 2.11 bits per heavy atom. The van der Waals surface area contributed by atoms with Crippen LogP contribution in [-0.4, -0.2) is 119 Å². The van der Waals surface area contributed by atoms with Crippen molar-refractivity contribution in [2.24, 2.45) is 0 Å². The van der Waals surface area contributed by atoms with E-state index in [1.54, 1.807) is 7.11 Å². The molecule has 2 fully saturated rings. The van der Waals surface area contributed by atoms with E-state index in [2.05, 4.69) is 46.0 Å². The van der Waals surface area contributed by atoms with Gasteiger partial charge in [-0.15, -0.1) is 0 Å². The van der Waals surface area contributed by atoms with Crippen LogP contribution in [0, 0.1) is 0 Å². The van der Waals surface area contributed by atoms with Gasteiger partial charge in [0.1, 0.15) is 0 Å². The van der Waals surface area contributed by atoms with Gasteiger partial charge in [0.2, 0.25) is 0 Å². The van der Waals surface area contributed by atoms with Crippen LogP contribution < -0.4 is 9.20 Å². The Kier molecular flexibility index (Phi) is 13.7. The zero-order valence-electron chi connectivity index (χ0n) is 28.5. The van der Waals surface area contributed by atoms with Crippen molar-refractivity contribution in [3.8, 4) is 5.75 Å². The molecule has 0 unspecified atom stereocenters. The van der Waals surface area contributed by atoms with Gasteiger partial charge in [-0.1, -0.05) is 0 Å². The summed E-state index contributed by atoms with van der Waals surface area (Å²) in [6.07, 6.45) is -4.91. The van der Waals surface area contributed by atoms with E-state index < -0.39 is 45.3 Å². The van der Waals surface area contributed by atoms with Crippen molar-refractivity contribution in [3.05, 3.63) is 60.2 Å². The molecule has 2 aromatic carbocycles. The number of aliphatic hydroxyl groups is 1. The monoisotopic (exact) mass is 728 g/mol. The van der Waals surface area contributed by atoms with Gasteiger partial charge in [-0.05, 0) is 0 Å². The van der Waals surface area contributed by atoms with Gasteiger partial charge in [0, 0.05) is 0 Å². The number of benzene rings is 2. The number of rotatable bonds is 14. The summed E-state index contributed by atoms with van der Waals surface area (Å²) in [6, 6.07) is 18.3. The van der Waals surface area contributed by atoms with Gasteiger partial charge >= 0.3 is 282 Å². The molecule has 2 aliphatic rings. The third-order valence-corrected chi connectivity index (χ3v) is 16.3. The Bertz CT molecular complexity index is 1180. The van der Waals surface area contributed by atoms with Crippen LogP contribution in [0.4, 0.5) is 0 Å². The van der Waals surface area contributed by atoms with Gasteiger partial charge in [0.25, 0.3) is 0 Å². The average Bonchev–Trinajstić information content (AvgIpc) is 3.04. The fourth-order valence-electron chi connectivity index (χ4n) is 5.32. The summed E-state index contributed by atoms with van der Waals surface area (Å²) in [6.45, 7) is 12.0. The van der Waals surface area contributed by atoms with Gasteiger partial charge < -0.3 is 0 Å². The minimum absolute atomic E-state index is 0.0191. The van der Waals surface area contributed by atoms with Crippen LogP contribution in [0.2, 0.25) is 22.9 Å². The zero-order chi connectivity index (χ0) is 33.5. The molecule has 4 rings (SSSR count). The van der Waals surface area contributed by atoms with Crippen LogP contribution >= 0.6 is 0 Å². The van der Waals surface area contributed by atoms with Crippen molar-refractivity contribution >= 4 is 27.7 Å². The van der Waals surface area contributed by atoms with E-state index in [0.717, 1.165) is 11.3 Å². The minimum atomic E-state index is -2.26. The molecule has 258 valence electrons. The maximum atomic E-state index is 11.2. The Labute approximate surface area is 281 Å². The molecule has 1 N–H and O–H groups in total. The molecule has 0 bridgehead atoms. The molecule has 2 aromatic rings. The van der Waals surface area contributed by atoms with Crippen LogP contribution in [0.15, 0.2) is 54.6 Å². The molecule has 46 heavy (non-hydrogen) atoms. The molecular formula is C34H52O10SeSi. The molecule has 10 nitrogen and oxygen atoms in total. The molecule has 0 amide bonds. The van der Waals surface area contributed by atoms with Gasteiger partial charge in [-0.3, -0.25) is 0 Å².